The molecular formula is C53H70N8O8. The van der Waals surface area contributed by atoms with Gasteiger partial charge in [-0.1, -0.05) is 46.2 Å². The molecule has 0 saturated carbocycles. The molecule has 2 aromatic carbocycles. The Hall–Kier alpha value is -5.84. The van der Waals surface area contributed by atoms with Crippen LogP contribution in [0, 0.1) is 17.3 Å². The molecule has 0 unspecified atom stereocenters. The number of hydrogen-bond acceptors (Lipinski definition) is 11. The third kappa shape index (κ3) is 10.7. The number of pyridine rings is 1. The molecular weight excluding hydrogens is 877 g/mol. The molecule has 6 bridgehead atoms. The number of rotatable bonds is 10. The molecule has 370 valence electrons. The lowest BCUT2D eigenvalue weighted by Gasteiger charge is -2.37. The van der Waals surface area contributed by atoms with Gasteiger partial charge in [0.15, 0.2) is 0 Å². The zero-order chi connectivity index (χ0) is 49.3. The number of methoxy groups -OCH3 is 1. The molecule has 2 aromatic heterocycles. The topological polar surface area (TPSA) is 198 Å². The lowest BCUT2D eigenvalue weighted by atomic mass is 9.84. The summed E-state index contributed by atoms with van der Waals surface area (Å²) in [7, 11) is 3.30. The van der Waals surface area contributed by atoms with Gasteiger partial charge >= 0.3 is 5.97 Å². The number of phenolic OH excluding ortho intramolecular Hbond substituents is 1. The van der Waals surface area contributed by atoms with Gasteiger partial charge in [-0.2, -0.15) is 0 Å². The van der Waals surface area contributed by atoms with Gasteiger partial charge in [-0.25, -0.2) is 5.43 Å². The number of likely N-dealkylation sites (tertiary alicyclic amines) is 1. The molecule has 69 heavy (non-hydrogen) atoms. The van der Waals surface area contributed by atoms with E-state index in [2.05, 4.69) is 59.6 Å². The number of carbonyl (C=O) groups is 5. The Morgan fingerprint density at radius 1 is 1.03 bits per heavy atom. The molecule has 3 fully saturated rings. The highest BCUT2D eigenvalue weighted by Crippen LogP contribution is 2.42. The number of benzene rings is 2. The predicted octanol–water partition coefficient (Wildman–Crippen LogP) is 5.54. The van der Waals surface area contributed by atoms with E-state index in [0.29, 0.717) is 50.9 Å². The van der Waals surface area contributed by atoms with Gasteiger partial charge in [-0.15, -0.1) is 0 Å². The Labute approximate surface area is 405 Å². The summed E-state index contributed by atoms with van der Waals surface area (Å²) in [6, 6.07) is 12.4. The van der Waals surface area contributed by atoms with Crippen molar-refractivity contribution in [3.05, 3.63) is 71.5 Å². The van der Waals surface area contributed by atoms with Crippen LogP contribution in [-0.4, -0.2) is 130 Å². The zero-order valence-electron chi connectivity index (χ0n) is 41.5. The van der Waals surface area contributed by atoms with Crippen LogP contribution in [0.15, 0.2) is 54.7 Å². The molecule has 4 aromatic rings. The number of nitrogens with zero attached hydrogens (tertiary/aromatic N) is 5. The van der Waals surface area contributed by atoms with Crippen molar-refractivity contribution in [1.29, 1.82) is 0 Å². The van der Waals surface area contributed by atoms with Gasteiger partial charge in [-0.3, -0.25) is 34.0 Å². The van der Waals surface area contributed by atoms with Gasteiger partial charge in [0.05, 0.1) is 36.1 Å². The Morgan fingerprint density at radius 3 is 2.54 bits per heavy atom. The maximum atomic E-state index is 14.8. The monoisotopic (exact) mass is 947 g/mol. The lowest BCUT2D eigenvalue weighted by Crippen LogP contribution is -2.62. The van der Waals surface area contributed by atoms with Gasteiger partial charge in [0.1, 0.15) is 23.9 Å². The predicted molar refractivity (Wildman–Crippen MR) is 262 cm³/mol. The molecule has 0 aliphatic carbocycles. The summed E-state index contributed by atoms with van der Waals surface area (Å²) < 4.78 is 14.2. The van der Waals surface area contributed by atoms with E-state index in [1.807, 2.05) is 39.0 Å². The van der Waals surface area contributed by atoms with E-state index in [4.69, 9.17) is 14.5 Å². The maximum Gasteiger partial charge on any atom is 0.324 e. The van der Waals surface area contributed by atoms with Crippen molar-refractivity contribution < 1.29 is 38.6 Å². The molecule has 16 heteroatoms. The van der Waals surface area contributed by atoms with Crippen molar-refractivity contribution in [1.82, 2.24) is 40.4 Å². The second-order valence-electron chi connectivity index (χ2n) is 20.6. The number of esters is 1. The minimum atomic E-state index is -1.16. The number of aryl methyl sites for hydroxylation is 1. The largest absolute Gasteiger partial charge is 0.508 e. The first-order chi connectivity index (χ1) is 33.0. The zero-order valence-corrected chi connectivity index (χ0v) is 41.5. The Kier molecular flexibility index (Phi) is 14.8. The third-order valence-electron chi connectivity index (χ3n) is 14.4. The fourth-order valence-electron chi connectivity index (χ4n) is 10.7. The second-order valence-corrected chi connectivity index (χ2v) is 20.6. The minimum absolute atomic E-state index is 0.00299. The van der Waals surface area contributed by atoms with Crippen LogP contribution in [0.25, 0.3) is 33.3 Å². The molecule has 0 spiro atoms. The van der Waals surface area contributed by atoms with Gasteiger partial charge < -0.3 is 39.6 Å². The van der Waals surface area contributed by atoms with Crippen molar-refractivity contribution in [2.24, 2.45) is 17.3 Å². The number of cyclic esters (lactones) is 1. The average molecular weight is 947 g/mol. The van der Waals surface area contributed by atoms with Crippen LogP contribution in [0.4, 0.5) is 0 Å². The highest BCUT2D eigenvalue weighted by atomic mass is 16.5. The first kappa shape index (κ1) is 49.6. The first-order valence-electron chi connectivity index (χ1n) is 24.8. The number of fused-ring (bicyclic) bond motifs is 6. The average Bonchev–Trinajstić information content (AvgIpc) is 4.18. The number of aromatic hydroxyl groups is 1. The van der Waals surface area contributed by atoms with E-state index in [1.54, 1.807) is 37.4 Å². The number of amides is 4. The second kappa shape index (κ2) is 20.6. The Balaban J connectivity index is 1.18. The fourth-order valence-corrected chi connectivity index (χ4v) is 10.7. The maximum absolute atomic E-state index is 14.8. The number of likely N-dealkylation sites (N-methyl/N-ethyl adjacent to an activating group) is 1. The van der Waals surface area contributed by atoms with Crippen molar-refractivity contribution in [2.75, 3.05) is 46.9 Å². The van der Waals surface area contributed by atoms with Crippen molar-refractivity contribution in [2.45, 2.75) is 123 Å². The Morgan fingerprint density at radius 2 is 1.81 bits per heavy atom. The number of phenols is 1. The summed E-state index contributed by atoms with van der Waals surface area (Å²) in [5, 5.41) is 19.9. The molecule has 8 rings (SSSR count). The van der Waals surface area contributed by atoms with Crippen LogP contribution in [0.1, 0.15) is 96.6 Å². The number of aromatic nitrogens is 2. The molecule has 16 nitrogen and oxygen atoms in total. The summed E-state index contributed by atoms with van der Waals surface area (Å²) in [5.74, 6) is -2.50. The van der Waals surface area contributed by atoms with Crippen LogP contribution in [0.5, 0.6) is 5.75 Å². The number of nitrogens with one attached hydrogen (secondary N) is 3. The van der Waals surface area contributed by atoms with E-state index in [0.717, 1.165) is 57.4 Å². The van der Waals surface area contributed by atoms with Crippen LogP contribution in [-0.2, 0) is 52.8 Å². The van der Waals surface area contributed by atoms with Gasteiger partial charge in [0.25, 0.3) is 5.91 Å². The molecule has 3 saturated heterocycles. The number of carbonyl (C=O) groups excluding carboxylic acids is 5. The molecule has 4 aliphatic rings. The molecule has 6 heterocycles. The van der Waals surface area contributed by atoms with E-state index < -0.39 is 47.2 Å². The van der Waals surface area contributed by atoms with Gasteiger partial charge in [0.2, 0.25) is 17.7 Å². The summed E-state index contributed by atoms with van der Waals surface area (Å²) in [5.41, 5.74) is 9.59. The van der Waals surface area contributed by atoms with E-state index in [-0.39, 0.29) is 61.7 Å². The normalized spacial score (nSPS) is 22.9. The van der Waals surface area contributed by atoms with Crippen molar-refractivity contribution >= 4 is 40.5 Å². The Bertz CT molecular complexity index is 2590. The third-order valence-corrected chi connectivity index (χ3v) is 14.4. The molecule has 0 radical (unpaired) electrons. The van der Waals surface area contributed by atoms with E-state index in [1.165, 1.54) is 9.91 Å². The van der Waals surface area contributed by atoms with Crippen LogP contribution in [0.2, 0.25) is 0 Å². The summed E-state index contributed by atoms with van der Waals surface area (Å²) in [4.78, 5) is 79.0. The quantitative estimate of drug-likeness (QED) is 0.115. The molecule has 4 amide bonds. The lowest BCUT2D eigenvalue weighted by molar-refractivity contribution is -0.155. The number of ether oxygens (including phenoxy) is 2. The SMILES string of the molecule is CCn1c(-c2cccnc2[C@H](C)OC)c2c3cc(ccc31)-c1cc(O)cc(c1)C[C@H](NC(=O)[C@H](C(C)C)N(C)C(=O)[C@H]1CCCCN(C(=O)[C@H]3CN3)C1)C(=O)N1CCC[C@H](N1)C(=O)OCC(C)(C)C2. The molecule has 4 aliphatic heterocycles. The highest BCUT2D eigenvalue weighted by Gasteiger charge is 2.41. The van der Waals surface area contributed by atoms with Crippen LogP contribution in [0.3, 0.4) is 0 Å². The first-order valence-corrected chi connectivity index (χ1v) is 24.8. The number of hydrogen-bond donors (Lipinski definition) is 4. The number of hydrazine groups is 1. The van der Waals surface area contributed by atoms with E-state index >= 15 is 0 Å². The molecule has 4 N–H and O–H groups in total. The standard InChI is InChI=1S/C53H70N8O8/c1-9-60-44-18-17-34-26-39(44)40(47(60)38-15-12-19-54-45(38)32(4)68-8)27-53(5,6)30-69-52(67)41-16-13-21-61(57-41)51(66)42(24-33-22-36(34)25-37(62)23-33)56-48(63)46(31(2)3)58(7)49(64)35-14-10-11-20-59(29-35)50(65)43-28-55-43/h12,15,17-19,22-23,25-26,31-32,35,41-43,46,55,57,62H,9-11,13-14,16,20-21,24,27-30H2,1-8H3,(H,56,63)/t32-,35-,41-,42-,43+,46-/m0/s1. The van der Waals surface area contributed by atoms with Gasteiger partial charge in [0, 0.05) is 81.4 Å². The minimum Gasteiger partial charge on any atom is -0.508 e. The van der Waals surface area contributed by atoms with Gasteiger partial charge in [-0.05, 0) is 111 Å². The smallest absolute Gasteiger partial charge is 0.324 e. The van der Waals surface area contributed by atoms with Crippen LogP contribution < -0.4 is 16.1 Å². The summed E-state index contributed by atoms with van der Waals surface area (Å²) in [6.45, 7) is 14.5. The van der Waals surface area contributed by atoms with Crippen molar-refractivity contribution in [3.63, 3.8) is 0 Å². The van der Waals surface area contributed by atoms with Crippen LogP contribution >= 0.6 is 0 Å². The highest BCUT2D eigenvalue weighted by molar-refractivity contribution is 5.96. The van der Waals surface area contributed by atoms with E-state index in [9.17, 15) is 29.1 Å². The van der Waals surface area contributed by atoms with Crippen molar-refractivity contribution in [3.8, 4) is 28.1 Å². The fraction of sp³-hybridized carbons (Fsp3) is 0.547. The summed E-state index contributed by atoms with van der Waals surface area (Å²) in [6.07, 6.45) is 5.16. The summed E-state index contributed by atoms with van der Waals surface area (Å²) >= 11 is 0. The molecule has 6 atom stereocenters.